The van der Waals surface area contributed by atoms with Gasteiger partial charge in [0.1, 0.15) is 23.8 Å². The topological polar surface area (TPSA) is 124 Å². The minimum atomic E-state index is -1.16. The maximum Gasteiger partial charge on any atom is 0.416 e. The van der Waals surface area contributed by atoms with Gasteiger partial charge in [0.25, 0.3) is 5.89 Å². The summed E-state index contributed by atoms with van der Waals surface area (Å²) in [5.74, 6) is 1.07. The van der Waals surface area contributed by atoms with Gasteiger partial charge in [-0.15, -0.1) is 0 Å². The van der Waals surface area contributed by atoms with E-state index in [-0.39, 0.29) is 12.4 Å². The normalized spacial score (nSPS) is 11.4. The number of nitrogens with zero attached hydrogens (tertiary/aromatic N) is 3. The summed E-state index contributed by atoms with van der Waals surface area (Å²) in [7, 11) is 1.53. The van der Waals surface area contributed by atoms with Crippen LogP contribution >= 0.6 is 0 Å². The monoisotopic (exact) mass is 503 g/mol. The minimum absolute atomic E-state index is 0.102. The highest BCUT2D eigenvalue weighted by Crippen LogP contribution is 2.25. The summed E-state index contributed by atoms with van der Waals surface area (Å²) in [6.07, 6.45) is -0.785. The molecule has 4 aromatic rings. The third kappa shape index (κ3) is 6.63. The Morgan fingerprint density at radius 1 is 0.946 bits per heavy atom. The van der Waals surface area contributed by atoms with Crippen LogP contribution in [0.5, 0.6) is 17.2 Å². The number of carbonyl (C=O) groups is 2. The third-order valence-corrected chi connectivity index (χ3v) is 5.49. The van der Waals surface area contributed by atoms with E-state index in [9.17, 15) is 14.7 Å². The molecule has 10 heteroatoms. The van der Waals surface area contributed by atoms with Crippen molar-refractivity contribution in [2.45, 2.75) is 19.6 Å². The fourth-order valence-corrected chi connectivity index (χ4v) is 3.49. The fourth-order valence-electron chi connectivity index (χ4n) is 3.49. The van der Waals surface area contributed by atoms with Crippen molar-refractivity contribution < 1.29 is 33.4 Å². The van der Waals surface area contributed by atoms with E-state index in [1.807, 2.05) is 30.3 Å². The van der Waals surface area contributed by atoms with E-state index in [1.54, 1.807) is 55.5 Å². The van der Waals surface area contributed by atoms with E-state index in [1.165, 1.54) is 7.11 Å². The first-order chi connectivity index (χ1) is 17.9. The van der Waals surface area contributed by atoms with E-state index in [0.29, 0.717) is 28.8 Å². The lowest BCUT2D eigenvalue weighted by Gasteiger charge is -2.27. The Kier molecular flexibility index (Phi) is 7.99. The van der Waals surface area contributed by atoms with Gasteiger partial charge in [-0.25, -0.2) is 4.79 Å². The number of carboxylic acids is 1. The molecule has 4 rings (SSSR count). The van der Waals surface area contributed by atoms with E-state index >= 15 is 0 Å². The molecule has 1 aromatic heterocycles. The Balaban J connectivity index is 1.39. The number of aromatic nitrogens is 2. The Morgan fingerprint density at radius 3 is 2.24 bits per heavy atom. The third-order valence-electron chi connectivity index (χ3n) is 5.49. The largest absolute Gasteiger partial charge is 0.497 e. The standard InChI is InChI=1S/C27H25N3O7/c1-18(30(16-25(31)32)27(33)36-23-14-12-21(34-2)13-15-23)19-8-10-22(11-9-19)35-17-24-28-26(37-29-24)20-6-4-3-5-7-20/h3-15,18H,16-17H2,1-2H3,(H,31,32). The SMILES string of the molecule is COc1ccc(OC(=O)N(CC(=O)O)C(C)c2ccc(OCc3noc(-c4ccccc4)n3)cc2)cc1. The molecule has 10 nitrogen and oxygen atoms in total. The van der Waals surface area contributed by atoms with Crippen LogP contribution in [0.15, 0.2) is 83.4 Å². The second kappa shape index (κ2) is 11.7. The van der Waals surface area contributed by atoms with Gasteiger partial charge in [0.2, 0.25) is 5.82 Å². The predicted molar refractivity (Wildman–Crippen MR) is 132 cm³/mol. The molecule has 0 saturated carbocycles. The summed E-state index contributed by atoms with van der Waals surface area (Å²) in [4.78, 5) is 29.7. The van der Waals surface area contributed by atoms with E-state index in [4.69, 9.17) is 18.7 Å². The van der Waals surface area contributed by atoms with Gasteiger partial charge in [0.15, 0.2) is 6.61 Å². The number of aliphatic carboxylic acids is 1. The van der Waals surface area contributed by atoms with Gasteiger partial charge >= 0.3 is 12.1 Å². The number of hydrogen-bond acceptors (Lipinski definition) is 8. The quantitative estimate of drug-likeness (QED) is 0.319. The van der Waals surface area contributed by atoms with Crippen molar-refractivity contribution in [1.29, 1.82) is 0 Å². The van der Waals surface area contributed by atoms with Gasteiger partial charge in [-0.05, 0) is 61.0 Å². The average molecular weight is 504 g/mol. The van der Waals surface area contributed by atoms with Crippen molar-refractivity contribution in [2.75, 3.05) is 13.7 Å². The number of amides is 1. The highest BCUT2D eigenvalue weighted by molar-refractivity contribution is 5.78. The maximum atomic E-state index is 12.8. The summed E-state index contributed by atoms with van der Waals surface area (Å²) in [6, 6.07) is 22.2. The van der Waals surface area contributed by atoms with Crippen molar-refractivity contribution in [3.8, 4) is 28.7 Å². The molecular weight excluding hydrogens is 478 g/mol. The van der Waals surface area contributed by atoms with E-state index in [0.717, 1.165) is 10.5 Å². The molecule has 0 aliphatic rings. The number of ether oxygens (including phenoxy) is 3. The highest BCUT2D eigenvalue weighted by Gasteiger charge is 2.26. The Bertz CT molecular complexity index is 1320. The summed E-state index contributed by atoms with van der Waals surface area (Å²) < 4.78 is 21.5. The molecule has 0 aliphatic carbocycles. The Morgan fingerprint density at radius 2 is 1.59 bits per heavy atom. The average Bonchev–Trinajstić information content (AvgIpc) is 3.40. The number of hydrogen-bond donors (Lipinski definition) is 1. The van der Waals surface area contributed by atoms with Crippen LogP contribution in [-0.2, 0) is 11.4 Å². The molecule has 1 amide bonds. The fraction of sp³-hybridized carbons (Fsp3) is 0.185. The van der Waals surface area contributed by atoms with Gasteiger partial charge in [0, 0.05) is 5.56 Å². The summed E-state index contributed by atoms with van der Waals surface area (Å²) in [6.45, 7) is 1.29. The molecule has 0 fully saturated rings. The maximum absolute atomic E-state index is 12.8. The molecule has 1 heterocycles. The lowest BCUT2D eigenvalue weighted by atomic mass is 10.1. The Hall–Kier alpha value is -4.86. The molecule has 190 valence electrons. The smallest absolute Gasteiger partial charge is 0.416 e. The van der Waals surface area contributed by atoms with Crippen LogP contribution in [0.1, 0.15) is 24.4 Å². The zero-order chi connectivity index (χ0) is 26.2. The summed E-state index contributed by atoms with van der Waals surface area (Å²) >= 11 is 0. The first-order valence-corrected chi connectivity index (χ1v) is 11.4. The first kappa shape index (κ1) is 25.2. The summed E-state index contributed by atoms with van der Waals surface area (Å²) in [5, 5.41) is 13.3. The van der Waals surface area contributed by atoms with Crippen LogP contribution in [0.25, 0.3) is 11.5 Å². The second-order valence-corrected chi connectivity index (χ2v) is 7.98. The van der Waals surface area contributed by atoms with E-state index in [2.05, 4.69) is 10.1 Å². The van der Waals surface area contributed by atoms with Crippen molar-refractivity contribution >= 4 is 12.1 Å². The molecule has 0 bridgehead atoms. The lowest BCUT2D eigenvalue weighted by molar-refractivity contribution is -0.138. The molecule has 0 aliphatic heterocycles. The van der Waals surface area contributed by atoms with Crippen LogP contribution in [0.3, 0.4) is 0 Å². The van der Waals surface area contributed by atoms with Crippen molar-refractivity contribution in [3.05, 3.63) is 90.3 Å². The number of carbonyl (C=O) groups excluding carboxylic acids is 1. The van der Waals surface area contributed by atoms with E-state index < -0.39 is 24.6 Å². The molecule has 1 N–H and O–H groups in total. The van der Waals surface area contributed by atoms with Crippen molar-refractivity contribution in [3.63, 3.8) is 0 Å². The molecule has 1 atom stereocenters. The predicted octanol–water partition coefficient (Wildman–Crippen LogP) is 4.97. The van der Waals surface area contributed by atoms with Gasteiger partial charge in [0.05, 0.1) is 13.2 Å². The number of benzene rings is 3. The second-order valence-electron chi connectivity index (χ2n) is 7.98. The summed E-state index contributed by atoms with van der Waals surface area (Å²) in [5.41, 5.74) is 1.52. The van der Waals surface area contributed by atoms with Gasteiger partial charge < -0.3 is 23.8 Å². The zero-order valence-corrected chi connectivity index (χ0v) is 20.2. The molecule has 3 aromatic carbocycles. The first-order valence-electron chi connectivity index (χ1n) is 11.4. The van der Waals surface area contributed by atoms with Crippen molar-refractivity contribution in [2.24, 2.45) is 0 Å². The van der Waals surface area contributed by atoms with Gasteiger partial charge in [-0.3, -0.25) is 9.69 Å². The van der Waals surface area contributed by atoms with Gasteiger partial charge in [-0.1, -0.05) is 35.5 Å². The van der Waals surface area contributed by atoms with Crippen LogP contribution in [0.4, 0.5) is 4.79 Å². The van der Waals surface area contributed by atoms with Gasteiger partial charge in [-0.2, -0.15) is 4.98 Å². The molecule has 37 heavy (non-hydrogen) atoms. The minimum Gasteiger partial charge on any atom is -0.497 e. The van der Waals surface area contributed by atoms with Crippen LogP contribution in [-0.4, -0.2) is 45.9 Å². The van der Waals surface area contributed by atoms with Crippen molar-refractivity contribution in [1.82, 2.24) is 15.0 Å². The number of carboxylic acid groups (broad SMARTS) is 1. The number of methoxy groups -OCH3 is 1. The Labute approximate surface area is 213 Å². The number of rotatable bonds is 10. The zero-order valence-electron chi connectivity index (χ0n) is 20.2. The lowest BCUT2D eigenvalue weighted by Crippen LogP contribution is -2.39. The molecule has 1 unspecified atom stereocenters. The van der Waals surface area contributed by atoms with Crippen LogP contribution in [0, 0.1) is 0 Å². The molecule has 0 saturated heterocycles. The van der Waals surface area contributed by atoms with Crippen LogP contribution < -0.4 is 14.2 Å². The molecule has 0 radical (unpaired) electrons. The molecule has 0 spiro atoms. The highest BCUT2D eigenvalue weighted by atomic mass is 16.6. The van der Waals surface area contributed by atoms with Crippen LogP contribution in [0.2, 0.25) is 0 Å². The molecular formula is C27H25N3O7.